The van der Waals surface area contributed by atoms with Crippen molar-refractivity contribution >= 4 is 33.3 Å². The van der Waals surface area contributed by atoms with Gasteiger partial charge in [-0.05, 0) is 24.1 Å². The number of carbonyl (C=O) groups excluding carboxylic acids is 1. The van der Waals surface area contributed by atoms with Crippen molar-refractivity contribution in [1.29, 1.82) is 0 Å². The third-order valence-electron chi connectivity index (χ3n) is 4.49. The van der Waals surface area contributed by atoms with E-state index in [4.69, 9.17) is 10.5 Å². The second kappa shape index (κ2) is 6.78. The number of nitrogens with two attached hydrogens (primary N) is 1. The molecule has 0 aliphatic carbocycles. The van der Waals surface area contributed by atoms with Crippen LogP contribution in [0.25, 0.3) is 10.9 Å². The molecule has 2 atom stereocenters. The molecule has 1 aliphatic rings. The first kappa shape index (κ1) is 16.0. The summed E-state index contributed by atoms with van der Waals surface area (Å²) in [7, 11) is 0. The van der Waals surface area contributed by atoms with Gasteiger partial charge in [0, 0.05) is 22.9 Å². The third-order valence-corrected chi connectivity index (χ3v) is 5.16. The lowest BCUT2D eigenvalue weighted by Crippen LogP contribution is -2.40. The van der Waals surface area contributed by atoms with Crippen molar-refractivity contribution in [2.24, 2.45) is 5.92 Å². The van der Waals surface area contributed by atoms with Gasteiger partial charge in [-0.1, -0.05) is 18.2 Å². The molecule has 3 N–H and O–H groups in total. The van der Waals surface area contributed by atoms with Gasteiger partial charge in [-0.25, -0.2) is 4.98 Å². The van der Waals surface area contributed by atoms with Crippen molar-refractivity contribution in [3.05, 3.63) is 53.2 Å². The second-order valence-corrected chi connectivity index (χ2v) is 7.03. The Morgan fingerprint density at radius 2 is 2.20 bits per heavy atom. The Balaban J connectivity index is 1.50. The number of pyridine rings is 1. The molecular weight excluding hydrogens is 336 g/mol. The van der Waals surface area contributed by atoms with Crippen LogP contribution in [-0.4, -0.2) is 35.1 Å². The van der Waals surface area contributed by atoms with Gasteiger partial charge in [-0.15, -0.1) is 11.3 Å². The molecule has 0 saturated carbocycles. The lowest BCUT2D eigenvalue weighted by Gasteiger charge is -2.19. The van der Waals surface area contributed by atoms with Crippen LogP contribution >= 0.6 is 11.3 Å². The van der Waals surface area contributed by atoms with Crippen LogP contribution in [-0.2, 0) is 11.2 Å². The second-order valence-electron chi connectivity index (χ2n) is 6.14. The minimum absolute atomic E-state index is 0.0395. The van der Waals surface area contributed by atoms with E-state index in [1.54, 1.807) is 5.38 Å². The maximum absolute atomic E-state index is 12.3. The molecule has 0 bridgehead atoms. The standard InChI is InChI=1S/C18H18N4O2S/c19-18-22-16(10-25-18)17(23)21-15-9-24-8-12(15)7-11-5-6-20-14-4-2-1-3-13(11)14/h1-6,10,12,15H,7-9H2,(H2,19,22)(H,21,23)/t12-,15+/m1/s1. The Morgan fingerprint density at radius 1 is 1.32 bits per heavy atom. The highest BCUT2D eigenvalue weighted by molar-refractivity contribution is 7.13. The number of carbonyl (C=O) groups is 1. The van der Waals surface area contributed by atoms with Gasteiger partial charge in [0.25, 0.3) is 5.91 Å². The molecule has 6 nitrogen and oxygen atoms in total. The van der Waals surface area contributed by atoms with Crippen molar-refractivity contribution in [3.63, 3.8) is 0 Å². The number of anilines is 1. The molecular formula is C18H18N4O2S. The molecule has 25 heavy (non-hydrogen) atoms. The first-order chi connectivity index (χ1) is 12.2. The summed E-state index contributed by atoms with van der Waals surface area (Å²) in [5.41, 5.74) is 8.17. The Labute approximate surface area is 149 Å². The summed E-state index contributed by atoms with van der Waals surface area (Å²) in [6, 6.07) is 10.1. The summed E-state index contributed by atoms with van der Waals surface area (Å²) in [4.78, 5) is 20.8. The van der Waals surface area contributed by atoms with E-state index >= 15 is 0 Å². The number of aromatic nitrogens is 2. The number of hydrogen-bond acceptors (Lipinski definition) is 6. The quantitative estimate of drug-likeness (QED) is 0.750. The van der Waals surface area contributed by atoms with Crippen LogP contribution in [0.4, 0.5) is 5.13 Å². The summed E-state index contributed by atoms with van der Waals surface area (Å²) in [5, 5.41) is 6.25. The molecule has 4 rings (SSSR count). The minimum atomic E-state index is -0.201. The van der Waals surface area contributed by atoms with E-state index < -0.39 is 0 Å². The monoisotopic (exact) mass is 354 g/mol. The minimum Gasteiger partial charge on any atom is -0.379 e. The predicted octanol–water partition coefficient (Wildman–Crippen LogP) is 2.26. The molecule has 2 aromatic heterocycles. The van der Waals surface area contributed by atoms with Gasteiger partial charge < -0.3 is 15.8 Å². The van der Waals surface area contributed by atoms with Crippen LogP contribution in [0.15, 0.2) is 41.9 Å². The fraction of sp³-hybridized carbons (Fsp3) is 0.278. The third kappa shape index (κ3) is 3.33. The van der Waals surface area contributed by atoms with E-state index in [1.165, 1.54) is 16.9 Å². The maximum Gasteiger partial charge on any atom is 0.271 e. The lowest BCUT2D eigenvalue weighted by atomic mass is 9.93. The predicted molar refractivity (Wildman–Crippen MR) is 97.5 cm³/mol. The number of hydrogen-bond donors (Lipinski definition) is 2. The molecule has 1 saturated heterocycles. The average molecular weight is 354 g/mol. The molecule has 3 heterocycles. The maximum atomic E-state index is 12.3. The first-order valence-electron chi connectivity index (χ1n) is 8.13. The smallest absolute Gasteiger partial charge is 0.271 e. The van der Waals surface area contributed by atoms with E-state index in [2.05, 4.69) is 21.4 Å². The van der Waals surface area contributed by atoms with Crippen molar-refractivity contribution in [2.45, 2.75) is 12.5 Å². The molecule has 7 heteroatoms. The SMILES string of the molecule is Nc1nc(C(=O)N[C@H]2COC[C@H]2Cc2ccnc3ccccc23)cs1. The number of thiazole rings is 1. The summed E-state index contributed by atoms with van der Waals surface area (Å²) in [5.74, 6) is 0.0128. The zero-order valence-corrected chi connectivity index (χ0v) is 14.3. The number of nitrogens with one attached hydrogen (secondary N) is 1. The summed E-state index contributed by atoms with van der Waals surface area (Å²) < 4.78 is 5.62. The van der Waals surface area contributed by atoms with Gasteiger partial charge in [-0.2, -0.15) is 0 Å². The molecule has 1 aliphatic heterocycles. The van der Waals surface area contributed by atoms with Crippen LogP contribution in [0, 0.1) is 5.92 Å². The molecule has 3 aromatic rings. The number of nitrogens with zero attached hydrogens (tertiary/aromatic N) is 2. The molecule has 1 amide bonds. The number of amides is 1. The molecule has 0 radical (unpaired) electrons. The van der Waals surface area contributed by atoms with Crippen molar-refractivity contribution < 1.29 is 9.53 Å². The highest BCUT2D eigenvalue weighted by atomic mass is 32.1. The topological polar surface area (TPSA) is 90.1 Å². The van der Waals surface area contributed by atoms with Crippen LogP contribution in [0.1, 0.15) is 16.1 Å². The summed E-state index contributed by atoms with van der Waals surface area (Å²) in [6.45, 7) is 1.14. The van der Waals surface area contributed by atoms with Crippen LogP contribution in [0.5, 0.6) is 0 Å². The number of para-hydroxylation sites is 1. The fourth-order valence-electron chi connectivity index (χ4n) is 3.21. The first-order valence-corrected chi connectivity index (χ1v) is 9.01. The van der Waals surface area contributed by atoms with Crippen LogP contribution < -0.4 is 11.1 Å². The van der Waals surface area contributed by atoms with E-state index in [-0.39, 0.29) is 17.9 Å². The van der Waals surface area contributed by atoms with Gasteiger partial charge in [-0.3, -0.25) is 9.78 Å². The summed E-state index contributed by atoms with van der Waals surface area (Å²) >= 11 is 1.26. The van der Waals surface area contributed by atoms with Crippen LogP contribution in [0.2, 0.25) is 0 Å². The zero-order chi connectivity index (χ0) is 17.2. The van der Waals surface area contributed by atoms with E-state index in [0.29, 0.717) is 24.0 Å². The Bertz CT molecular complexity index is 905. The normalized spacial score (nSPS) is 20.0. The number of benzene rings is 1. The average Bonchev–Trinajstić information content (AvgIpc) is 3.24. The van der Waals surface area contributed by atoms with Gasteiger partial charge in [0.15, 0.2) is 5.13 Å². The van der Waals surface area contributed by atoms with Gasteiger partial charge in [0.1, 0.15) is 5.69 Å². The number of ether oxygens (including phenoxy) is 1. The van der Waals surface area contributed by atoms with E-state index in [0.717, 1.165) is 17.3 Å². The Morgan fingerprint density at radius 3 is 3.04 bits per heavy atom. The molecule has 1 aromatic carbocycles. The number of fused-ring (bicyclic) bond motifs is 1. The van der Waals surface area contributed by atoms with Crippen molar-refractivity contribution in [3.8, 4) is 0 Å². The molecule has 1 fully saturated rings. The highest BCUT2D eigenvalue weighted by Gasteiger charge is 2.30. The largest absolute Gasteiger partial charge is 0.379 e. The highest BCUT2D eigenvalue weighted by Crippen LogP contribution is 2.24. The van der Waals surface area contributed by atoms with Crippen molar-refractivity contribution in [2.75, 3.05) is 18.9 Å². The lowest BCUT2D eigenvalue weighted by molar-refractivity contribution is 0.0921. The fourth-order valence-corrected chi connectivity index (χ4v) is 3.75. The number of rotatable bonds is 4. The zero-order valence-electron chi connectivity index (χ0n) is 13.5. The number of nitrogen functional groups attached to an aromatic ring is 1. The Hall–Kier alpha value is -2.51. The van der Waals surface area contributed by atoms with Gasteiger partial charge in [0.05, 0.1) is 24.8 Å². The summed E-state index contributed by atoms with van der Waals surface area (Å²) in [6.07, 6.45) is 2.66. The van der Waals surface area contributed by atoms with Gasteiger partial charge >= 0.3 is 0 Å². The van der Waals surface area contributed by atoms with Gasteiger partial charge in [0.2, 0.25) is 0 Å². The van der Waals surface area contributed by atoms with E-state index in [9.17, 15) is 4.79 Å². The molecule has 128 valence electrons. The van der Waals surface area contributed by atoms with Crippen molar-refractivity contribution in [1.82, 2.24) is 15.3 Å². The van der Waals surface area contributed by atoms with E-state index in [1.807, 2.05) is 30.5 Å². The molecule has 0 unspecified atom stereocenters. The molecule has 0 spiro atoms. The Kier molecular flexibility index (Phi) is 4.33. The van der Waals surface area contributed by atoms with Crippen LogP contribution in [0.3, 0.4) is 0 Å².